The molecule has 6 nitrogen and oxygen atoms in total. The molecule has 1 aromatic carbocycles. The molecule has 0 saturated carbocycles. The van der Waals surface area contributed by atoms with Crippen LogP contribution in [0.25, 0.3) is 0 Å². The standard InChI is InChI=1S/C20H26N4O2/c1-2-23-13-10-22-19(26)17(23)14-18(25)24-11-8-20(15-21,9-12-24)16-6-4-3-5-7-16/h3-7,17H,2,8-14H2,1H3,(H,22,26)/t17-/m1/s1. The third-order valence-corrected chi connectivity index (χ3v) is 5.73. The van der Waals surface area contributed by atoms with Crippen molar-refractivity contribution in [3.8, 4) is 6.07 Å². The number of carbonyl (C=O) groups excluding carboxylic acids is 2. The van der Waals surface area contributed by atoms with Crippen molar-refractivity contribution in [3.63, 3.8) is 0 Å². The number of nitrogens with zero attached hydrogens (tertiary/aromatic N) is 3. The van der Waals surface area contributed by atoms with Crippen LogP contribution < -0.4 is 5.32 Å². The Morgan fingerprint density at radius 3 is 2.58 bits per heavy atom. The van der Waals surface area contributed by atoms with Gasteiger partial charge in [0.15, 0.2) is 0 Å². The molecule has 6 heteroatoms. The Morgan fingerprint density at radius 2 is 1.96 bits per heavy atom. The fraction of sp³-hybridized carbons (Fsp3) is 0.550. The maximum absolute atomic E-state index is 12.7. The number of nitrogens with one attached hydrogen (secondary N) is 1. The van der Waals surface area contributed by atoms with Crippen LogP contribution >= 0.6 is 0 Å². The molecule has 0 spiro atoms. The first kappa shape index (κ1) is 18.4. The predicted molar refractivity (Wildman–Crippen MR) is 98.2 cm³/mol. The van der Waals surface area contributed by atoms with E-state index in [1.54, 1.807) is 0 Å². The monoisotopic (exact) mass is 354 g/mol. The smallest absolute Gasteiger partial charge is 0.237 e. The van der Waals surface area contributed by atoms with E-state index in [-0.39, 0.29) is 24.3 Å². The first-order chi connectivity index (χ1) is 12.6. The SMILES string of the molecule is CCN1CCNC(=O)[C@H]1CC(=O)N1CCC(C#N)(c2ccccc2)CC1. The van der Waals surface area contributed by atoms with Crippen LogP contribution in [0, 0.1) is 11.3 Å². The van der Waals surface area contributed by atoms with Crippen molar-refractivity contribution < 1.29 is 9.59 Å². The van der Waals surface area contributed by atoms with Crippen molar-refractivity contribution in [2.75, 3.05) is 32.7 Å². The van der Waals surface area contributed by atoms with Crippen molar-refractivity contribution in [3.05, 3.63) is 35.9 Å². The minimum Gasteiger partial charge on any atom is -0.353 e. The summed E-state index contributed by atoms with van der Waals surface area (Å²) in [6.07, 6.45) is 1.48. The molecule has 2 aliphatic heterocycles. The summed E-state index contributed by atoms with van der Waals surface area (Å²) in [5.74, 6) is -0.0516. The average molecular weight is 354 g/mol. The summed E-state index contributed by atoms with van der Waals surface area (Å²) < 4.78 is 0. The number of hydrogen-bond donors (Lipinski definition) is 1. The van der Waals surface area contributed by atoms with E-state index in [0.29, 0.717) is 32.5 Å². The van der Waals surface area contributed by atoms with Crippen LogP contribution in [0.3, 0.4) is 0 Å². The van der Waals surface area contributed by atoms with Gasteiger partial charge in [-0.05, 0) is 24.9 Å². The summed E-state index contributed by atoms with van der Waals surface area (Å²) in [5, 5.41) is 12.6. The van der Waals surface area contributed by atoms with Crippen molar-refractivity contribution in [2.45, 2.75) is 37.6 Å². The maximum atomic E-state index is 12.7. The molecule has 0 aromatic heterocycles. The van der Waals surface area contributed by atoms with E-state index in [9.17, 15) is 14.9 Å². The largest absolute Gasteiger partial charge is 0.353 e. The van der Waals surface area contributed by atoms with Crippen molar-refractivity contribution in [1.82, 2.24) is 15.1 Å². The highest BCUT2D eigenvalue weighted by atomic mass is 16.2. The lowest BCUT2D eigenvalue weighted by Gasteiger charge is -2.39. The second kappa shape index (κ2) is 7.88. The number of likely N-dealkylation sites (tertiary alicyclic amines) is 1. The lowest BCUT2D eigenvalue weighted by molar-refractivity contribution is -0.139. The Bertz CT molecular complexity index is 690. The second-order valence-corrected chi connectivity index (χ2v) is 7.08. The second-order valence-electron chi connectivity index (χ2n) is 7.08. The Kier molecular flexibility index (Phi) is 5.58. The number of benzene rings is 1. The zero-order valence-corrected chi connectivity index (χ0v) is 15.3. The highest BCUT2D eigenvalue weighted by molar-refractivity contribution is 5.88. The van der Waals surface area contributed by atoms with Gasteiger partial charge in [-0.25, -0.2) is 0 Å². The van der Waals surface area contributed by atoms with Crippen molar-refractivity contribution >= 4 is 11.8 Å². The zero-order chi connectivity index (χ0) is 18.6. The van der Waals surface area contributed by atoms with E-state index >= 15 is 0 Å². The van der Waals surface area contributed by atoms with Gasteiger partial charge < -0.3 is 10.2 Å². The van der Waals surface area contributed by atoms with Gasteiger partial charge in [-0.15, -0.1) is 0 Å². The van der Waals surface area contributed by atoms with E-state index in [0.717, 1.165) is 18.7 Å². The lowest BCUT2D eigenvalue weighted by Crippen LogP contribution is -2.57. The third-order valence-electron chi connectivity index (χ3n) is 5.73. The van der Waals surface area contributed by atoms with Gasteiger partial charge >= 0.3 is 0 Å². The molecule has 1 aromatic rings. The fourth-order valence-electron chi connectivity index (χ4n) is 4.02. The molecule has 3 rings (SSSR count). The Morgan fingerprint density at radius 1 is 1.27 bits per heavy atom. The molecule has 26 heavy (non-hydrogen) atoms. The Hall–Kier alpha value is -2.39. The molecule has 2 aliphatic rings. The van der Waals surface area contributed by atoms with Crippen molar-refractivity contribution in [2.24, 2.45) is 0 Å². The van der Waals surface area contributed by atoms with Gasteiger partial charge in [0, 0.05) is 26.2 Å². The Labute approximate surface area is 154 Å². The molecular formula is C20H26N4O2. The minimum absolute atomic E-state index is 0.00472. The predicted octanol–water partition coefficient (Wildman–Crippen LogP) is 1.28. The number of rotatable bonds is 4. The first-order valence-electron chi connectivity index (χ1n) is 9.36. The molecular weight excluding hydrogens is 328 g/mol. The number of likely N-dealkylation sites (N-methyl/N-ethyl adjacent to an activating group) is 1. The summed E-state index contributed by atoms with van der Waals surface area (Å²) >= 11 is 0. The molecule has 2 heterocycles. The van der Waals surface area contributed by atoms with Gasteiger partial charge in [0.05, 0.1) is 23.9 Å². The summed E-state index contributed by atoms with van der Waals surface area (Å²) in [6.45, 7) is 5.31. The molecule has 0 radical (unpaired) electrons. The van der Waals surface area contributed by atoms with Crippen LogP contribution in [0.5, 0.6) is 0 Å². The highest BCUT2D eigenvalue weighted by Crippen LogP contribution is 2.35. The summed E-state index contributed by atoms with van der Waals surface area (Å²) in [6, 6.07) is 11.9. The maximum Gasteiger partial charge on any atom is 0.237 e. The van der Waals surface area contributed by atoms with Crippen LogP contribution in [0.4, 0.5) is 0 Å². The van der Waals surface area contributed by atoms with E-state index < -0.39 is 5.41 Å². The minimum atomic E-state index is -0.518. The molecule has 1 atom stereocenters. The topological polar surface area (TPSA) is 76.4 Å². The Balaban J connectivity index is 1.63. The number of carbonyl (C=O) groups is 2. The van der Waals surface area contributed by atoms with Gasteiger partial charge in [0.25, 0.3) is 0 Å². The fourth-order valence-corrected chi connectivity index (χ4v) is 4.02. The highest BCUT2D eigenvalue weighted by Gasteiger charge is 2.39. The summed E-state index contributed by atoms with van der Waals surface area (Å²) in [4.78, 5) is 28.8. The van der Waals surface area contributed by atoms with E-state index in [4.69, 9.17) is 0 Å². The molecule has 2 saturated heterocycles. The van der Waals surface area contributed by atoms with Crippen molar-refractivity contribution in [1.29, 1.82) is 5.26 Å². The lowest BCUT2D eigenvalue weighted by atomic mass is 9.74. The molecule has 2 amide bonds. The molecule has 0 bridgehead atoms. The number of piperidine rings is 1. The third kappa shape index (κ3) is 3.58. The van der Waals surface area contributed by atoms with E-state index in [1.807, 2.05) is 42.2 Å². The van der Waals surface area contributed by atoms with E-state index in [1.165, 1.54) is 0 Å². The van der Waals surface area contributed by atoms with Gasteiger partial charge in [0.1, 0.15) is 0 Å². The van der Waals surface area contributed by atoms with Gasteiger partial charge in [-0.1, -0.05) is 37.3 Å². The molecule has 138 valence electrons. The molecule has 0 aliphatic carbocycles. The van der Waals surface area contributed by atoms with Gasteiger partial charge in [0.2, 0.25) is 11.8 Å². The van der Waals surface area contributed by atoms with Crippen LogP contribution in [-0.4, -0.2) is 60.4 Å². The number of hydrogen-bond acceptors (Lipinski definition) is 4. The number of nitriles is 1. The molecule has 2 fully saturated rings. The quantitative estimate of drug-likeness (QED) is 0.884. The van der Waals surface area contributed by atoms with Crippen LogP contribution in [-0.2, 0) is 15.0 Å². The summed E-state index contributed by atoms with van der Waals surface area (Å²) in [5.41, 5.74) is 0.508. The summed E-state index contributed by atoms with van der Waals surface area (Å²) in [7, 11) is 0. The number of piperazine rings is 1. The number of amides is 2. The van der Waals surface area contributed by atoms with Crippen LogP contribution in [0.2, 0.25) is 0 Å². The van der Waals surface area contributed by atoms with Crippen LogP contribution in [0.1, 0.15) is 31.7 Å². The average Bonchev–Trinajstić information content (AvgIpc) is 2.70. The van der Waals surface area contributed by atoms with Gasteiger partial charge in [-0.2, -0.15) is 5.26 Å². The van der Waals surface area contributed by atoms with E-state index in [2.05, 4.69) is 16.3 Å². The first-order valence-corrected chi connectivity index (χ1v) is 9.36. The molecule has 1 N–H and O–H groups in total. The van der Waals surface area contributed by atoms with Crippen LogP contribution in [0.15, 0.2) is 30.3 Å². The van der Waals surface area contributed by atoms with Gasteiger partial charge in [-0.3, -0.25) is 14.5 Å². The molecule has 0 unspecified atom stereocenters. The zero-order valence-electron chi connectivity index (χ0n) is 15.3. The normalized spacial score (nSPS) is 23.2.